The molecule has 1 fully saturated rings. The Kier molecular flexibility index (Phi) is 4.32. The van der Waals surface area contributed by atoms with E-state index in [2.05, 4.69) is 10.2 Å². The molecule has 0 aromatic heterocycles. The van der Waals surface area contributed by atoms with E-state index in [-0.39, 0.29) is 5.91 Å². The number of rotatable bonds is 3. The van der Waals surface area contributed by atoms with Crippen molar-refractivity contribution in [3.8, 4) is 11.5 Å². The van der Waals surface area contributed by atoms with Crippen LogP contribution in [-0.4, -0.2) is 55.2 Å². The number of benzene rings is 1. The summed E-state index contributed by atoms with van der Waals surface area (Å²) in [6.07, 6.45) is 0. The summed E-state index contributed by atoms with van der Waals surface area (Å²) in [5.41, 5.74) is 0.755. The molecule has 2 heterocycles. The van der Waals surface area contributed by atoms with Crippen LogP contribution in [0.3, 0.4) is 0 Å². The highest BCUT2D eigenvalue weighted by Crippen LogP contribution is 2.32. The van der Waals surface area contributed by atoms with E-state index in [0.29, 0.717) is 25.5 Å². The van der Waals surface area contributed by atoms with Gasteiger partial charge in [0.25, 0.3) is 0 Å². The SMILES string of the molecule is O=C(CN1CCSCC1)Nc1ccc2c(c1)OCCO2. The van der Waals surface area contributed by atoms with Crippen LogP contribution in [0.2, 0.25) is 0 Å². The van der Waals surface area contributed by atoms with Crippen LogP contribution in [0.5, 0.6) is 11.5 Å². The van der Waals surface area contributed by atoms with E-state index >= 15 is 0 Å². The normalized spacial score (nSPS) is 18.6. The average Bonchev–Trinajstić information content (AvgIpc) is 2.48. The number of carbonyl (C=O) groups is 1. The minimum absolute atomic E-state index is 0.0218. The molecule has 0 saturated carbocycles. The highest BCUT2D eigenvalue weighted by Gasteiger charge is 2.16. The molecule has 1 aromatic rings. The summed E-state index contributed by atoms with van der Waals surface area (Å²) in [7, 11) is 0. The summed E-state index contributed by atoms with van der Waals surface area (Å²) in [6, 6.07) is 5.50. The van der Waals surface area contributed by atoms with Gasteiger partial charge in [0.05, 0.1) is 6.54 Å². The molecule has 20 heavy (non-hydrogen) atoms. The maximum absolute atomic E-state index is 12.0. The van der Waals surface area contributed by atoms with E-state index in [0.717, 1.165) is 36.0 Å². The largest absolute Gasteiger partial charge is 0.486 e. The Morgan fingerprint density at radius 3 is 2.75 bits per heavy atom. The molecule has 2 aliphatic heterocycles. The van der Waals surface area contributed by atoms with Crippen molar-refractivity contribution in [1.29, 1.82) is 0 Å². The van der Waals surface area contributed by atoms with Crippen molar-refractivity contribution in [3.63, 3.8) is 0 Å². The minimum atomic E-state index is 0.0218. The van der Waals surface area contributed by atoms with Gasteiger partial charge in [0, 0.05) is 36.3 Å². The Morgan fingerprint density at radius 2 is 1.95 bits per heavy atom. The Morgan fingerprint density at radius 1 is 1.20 bits per heavy atom. The highest BCUT2D eigenvalue weighted by atomic mass is 32.2. The van der Waals surface area contributed by atoms with Crippen molar-refractivity contribution in [2.24, 2.45) is 0 Å². The van der Waals surface area contributed by atoms with Crippen molar-refractivity contribution in [1.82, 2.24) is 4.90 Å². The molecule has 0 atom stereocenters. The number of anilines is 1. The number of hydrogen-bond donors (Lipinski definition) is 1. The fourth-order valence-corrected chi connectivity index (χ4v) is 3.26. The summed E-state index contributed by atoms with van der Waals surface area (Å²) in [6.45, 7) is 3.55. The number of fused-ring (bicyclic) bond motifs is 1. The minimum Gasteiger partial charge on any atom is -0.486 e. The third-order valence-corrected chi connectivity index (χ3v) is 4.24. The quantitative estimate of drug-likeness (QED) is 0.914. The molecule has 1 aromatic carbocycles. The second kappa shape index (κ2) is 6.37. The lowest BCUT2D eigenvalue weighted by atomic mass is 10.2. The van der Waals surface area contributed by atoms with Crippen LogP contribution < -0.4 is 14.8 Å². The van der Waals surface area contributed by atoms with Crippen molar-refractivity contribution >= 4 is 23.4 Å². The molecule has 0 aliphatic carbocycles. The van der Waals surface area contributed by atoms with Gasteiger partial charge >= 0.3 is 0 Å². The molecule has 0 radical (unpaired) electrons. The van der Waals surface area contributed by atoms with Crippen LogP contribution >= 0.6 is 11.8 Å². The zero-order valence-electron chi connectivity index (χ0n) is 11.3. The lowest BCUT2D eigenvalue weighted by molar-refractivity contribution is -0.117. The zero-order valence-corrected chi connectivity index (χ0v) is 12.1. The van der Waals surface area contributed by atoms with Crippen LogP contribution in [0.25, 0.3) is 0 Å². The Labute approximate surface area is 122 Å². The van der Waals surface area contributed by atoms with Gasteiger partial charge in [0.2, 0.25) is 5.91 Å². The monoisotopic (exact) mass is 294 g/mol. The van der Waals surface area contributed by atoms with Crippen molar-refractivity contribution in [3.05, 3.63) is 18.2 Å². The molecule has 0 spiro atoms. The number of ether oxygens (including phenoxy) is 2. The second-order valence-corrected chi connectivity index (χ2v) is 6.02. The van der Waals surface area contributed by atoms with Gasteiger partial charge in [-0.25, -0.2) is 0 Å². The van der Waals surface area contributed by atoms with Crippen LogP contribution in [0, 0.1) is 0 Å². The predicted octanol–water partition coefficient (Wildman–Crippen LogP) is 1.45. The van der Waals surface area contributed by atoms with Crippen molar-refractivity contribution in [2.45, 2.75) is 0 Å². The number of amides is 1. The molecule has 6 heteroatoms. The third-order valence-electron chi connectivity index (χ3n) is 3.30. The maximum Gasteiger partial charge on any atom is 0.238 e. The Balaban J connectivity index is 1.58. The van der Waals surface area contributed by atoms with Gasteiger partial charge < -0.3 is 14.8 Å². The van der Waals surface area contributed by atoms with E-state index in [1.54, 1.807) is 0 Å². The molecular weight excluding hydrogens is 276 g/mol. The van der Waals surface area contributed by atoms with E-state index in [4.69, 9.17) is 9.47 Å². The third kappa shape index (κ3) is 3.37. The smallest absolute Gasteiger partial charge is 0.238 e. The van der Waals surface area contributed by atoms with Crippen LogP contribution in [0.15, 0.2) is 18.2 Å². The summed E-state index contributed by atoms with van der Waals surface area (Å²) < 4.78 is 11.0. The molecule has 3 rings (SSSR count). The fourth-order valence-electron chi connectivity index (χ4n) is 2.28. The predicted molar refractivity (Wildman–Crippen MR) is 79.8 cm³/mol. The van der Waals surface area contributed by atoms with Crippen molar-refractivity contribution < 1.29 is 14.3 Å². The number of hydrogen-bond acceptors (Lipinski definition) is 5. The first-order valence-electron chi connectivity index (χ1n) is 6.81. The molecule has 1 amide bonds. The molecule has 1 N–H and O–H groups in total. The Hall–Kier alpha value is -1.40. The van der Waals surface area contributed by atoms with E-state index in [1.165, 1.54) is 0 Å². The molecule has 0 bridgehead atoms. The molecule has 5 nitrogen and oxygen atoms in total. The van der Waals surface area contributed by atoms with Gasteiger partial charge in [-0.05, 0) is 12.1 Å². The fraction of sp³-hybridized carbons (Fsp3) is 0.500. The van der Waals surface area contributed by atoms with Gasteiger partial charge in [-0.1, -0.05) is 0 Å². The van der Waals surface area contributed by atoms with Gasteiger partial charge in [0.15, 0.2) is 11.5 Å². The molecule has 108 valence electrons. The first-order chi connectivity index (χ1) is 9.81. The summed E-state index contributed by atoms with van der Waals surface area (Å²) in [5, 5.41) is 2.92. The summed E-state index contributed by atoms with van der Waals surface area (Å²) in [4.78, 5) is 14.2. The molecule has 0 unspecified atom stereocenters. The maximum atomic E-state index is 12.0. The van der Waals surface area contributed by atoms with Gasteiger partial charge in [-0.3, -0.25) is 9.69 Å². The van der Waals surface area contributed by atoms with Crippen molar-refractivity contribution in [2.75, 3.05) is 49.7 Å². The summed E-state index contributed by atoms with van der Waals surface area (Å²) >= 11 is 1.94. The zero-order chi connectivity index (χ0) is 13.8. The number of thioether (sulfide) groups is 1. The highest BCUT2D eigenvalue weighted by molar-refractivity contribution is 7.99. The van der Waals surface area contributed by atoms with Gasteiger partial charge in [-0.2, -0.15) is 11.8 Å². The van der Waals surface area contributed by atoms with E-state index in [9.17, 15) is 4.79 Å². The Bertz CT molecular complexity index is 489. The topological polar surface area (TPSA) is 50.8 Å². The van der Waals surface area contributed by atoms with Crippen LogP contribution in [0.4, 0.5) is 5.69 Å². The summed E-state index contributed by atoms with van der Waals surface area (Å²) in [5.74, 6) is 3.67. The van der Waals surface area contributed by atoms with Gasteiger partial charge in [0.1, 0.15) is 13.2 Å². The van der Waals surface area contributed by atoms with Crippen LogP contribution in [-0.2, 0) is 4.79 Å². The molecule has 2 aliphatic rings. The number of carbonyl (C=O) groups excluding carboxylic acids is 1. The van der Waals surface area contributed by atoms with E-state index in [1.807, 2.05) is 30.0 Å². The first kappa shape index (κ1) is 13.6. The average molecular weight is 294 g/mol. The van der Waals surface area contributed by atoms with Gasteiger partial charge in [-0.15, -0.1) is 0 Å². The van der Waals surface area contributed by atoms with E-state index < -0.39 is 0 Å². The number of nitrogens with zero attached hydrogens (tertiary/aromatic N) is 1. The molecular formula is C14H18N2O3S. The lowest BCUT2D eigenvalue weighted by Crippen LogP contribution is -2.38. The first-order valence-corrected chi connectivity index (χ1v) is 7.96. The number of nitrogens with one attached hydrogen (secondary N) is 1. The second-order valence-electron chi connectivity index (χ2n) is 4.80. The standard InChI is InChI=1S/C14H18N2O3S/c17-14(10-16-3-7-20-8-4-16)15-11-1-2-12-13(9-11)19-6-5-18-12/h1-2,9H,3-8,10H2,(H,15,17). The molecule has 1 saturated heterocycles. The van der Waals surface area contributed by atoms with Crippen LogP contribution in [0.1, 0.15) is 0 Å². The lowest BCUT2D eigenvalue weighted by Gasteiger charge is -2.25.